The SMILES string of the molecule is CCC1CN(Cc2nc(C)cc(NN)n2)CCO1. The molecule has 1 fully saturated rings. The van der Waals surface area contributed by atoms with Gasteiger partial charge in [-0.15, -0.1) is 0 Å². The number of aryl methyl sites for hydroxylation is 1. The van der Waals surface area contributed by atoms with Crippen LogP contribution >= 0.6 is 0 Å². The topological polar surface area (TPSA) is 76.3 Å². The molecule has 1 atom stereocenters. The van der Waals surface area contributed by atoms with Crippen molar-refractivity contribution in [3.8, 4) is 0 Å². The van der Waals surface area contributed by atoms with E-state index in [0.29, 0.717) is 11.9 Å². The number of nitrogens with zero attached hydrogens (tertiary/aromatic N) is 3. The minimum absolute atomic E-state index is 0.329. The Kier molecular flexibility index (Phi) is 4.46. The molecule has 18 heavy (non-hydrogen) atoms. The van der Waals surface area contributed by atoms with Crippen molar-refractivity contribution >= 4 is 5.82 Å². The van der Waals surface area contributed by atoms with E-state index in [9.17, 15) is 0 Å². The molecule has 0 aromatic carbocycles. The van der Waals surface area contributed by atoms with E-state index < -0.39 is 0 Å². The first-order chi connectivity index (χ1) is 8.71. The number of rotatable bonds is 4. The minimum atomic E-state index is 0.329. The van der Waals surface area contributed by atoms with Crippen LogP contribution in [0, 0.1) is 6.92 Å². The number of hydrogen-bond acceptors (Lipinski definition) is 6. The molecule has 1 aromatic rings. The molecule has 0 aliphatic carbocycles. The van der Waals surface area contributed by atoms with E-state index in [0.717, 1.165) is 44.2 Å². The highest BCUT2D eigenvalue weighted by molar-refractivity contribution is 5.33. The highest BCUT2D eigenvalue weighted by Crippen LogP contribution is 2.12. The summed E-state index contributed by atoms with van der Waals surface area (Å²) in [6, 6.07) is 1.83. The van der Waals surface area contributed by atoms with Gasteiger partial charge in [0.2, 0.25) is 0 Å². The van der Waals surface area contributed by atoms with Crippen molar-refractivity contribution in [3.05, 3.63) is 17.6 Å². The van der Waals surface area contributed by atoms with Crippen LogP contribution in [0.5, 0.6) is 0 Å². The van der Waals surface area contributed by atoms with Gasteiger partial charge in [-0.2, -0.15) is 0 Å². The third-order valence-corrected chi connectivity index (χ3v) is 3.09. The smallest absolute Gasteiger partial charge is 0.145 e. The number of hydrogen-bond donors (Lipinski definition) is 2. The normalized spacial score (nSPS) is 20.9. The van der Waals surface area contributed by atoms with Crippen LogP contribution < -0.4 is 11.3 Å². The van der Waals surface area contributed by atoms with Crippen molar-refractivity contribution in [3.63, 3.8) is 0 Å². The zero-order chi connectivity index (χ0) is 13.0. The van der Waals surface area contributed by atoms with Crippen molar-refractivity contribution < 1.29 is 4.74 Å². The van der Waals surface area contributed by atoms with Gasteiger partial charge in [0.05, 0.1) is 19.3 Å². The Morgan fingerprint density at radius 2 is 2.39 bits per heavy atom. The van der Waals surface area contributed by atoms with Gasteiger partial charge in [-0.05, 0) is 13.3 Å². The molecule has 0 bridgehead atoms. The first kappa shape index (κ1) is 13.2. The fraction of sp³-hybridized carbons (Fsp3) is 0.667. The van der Waals surface area contributed by atoms with Crippen molar-refractivity contribution in [2.75, 3.05) is 25.1 Å². The Hall–Kier alpha value is -1.24. The molecule has 0 radical (unpaired) electrons. The summed E-state index contributed by atoms with van der Waals surface area (Å²) >= 11 is 0. The largest absolute Gasteiger partial charge is 0.376 e. The zero-order valence-electron chi connectivity index (χ0n) is 11.0. The molecular formula is C12H21N5O. The van der Waals surface area contributed by atoms with Crippen LogP contribution in [0.4, 0.5) is 5.82 Å². The average Bonchev–Trinajstić information content (AvgIpc) is 2.38. The lowest BCUT2D eigenvalue weighted by Crippen LogP contribution is -2.41. The Balaban J connectivity index is 2.02. The molecule has 2 rings (SSSR count). The third kappa shape index (κ3) is 3.38. The second kappa shape index (κ2) is 6.08. The van der Waals surface area contributed by atoms with Crippen LogP contribution in [-0.4, -0.2) is 40.7 Å². The standard InChI is InChI=1S/C12H21N5O/c1-3-10-7-17(4-5-18-10)8-12-14-9(2)6-11(15-12)16-13/h6,10H,3-5,7-8,13H2,1-2H3,(H,14,15,16). The summed E-state index contributed by atoms with van der Waals surface area (Å²) in [5.74, 6) is 6.86. The van der Waals surface area contributed by atoms with E-state index in [-0.39, 0.29) is 0 Å². The summed E-state index contributed by atoms with van der Waals surface area (Å²) < 4.78 is 5.65. The number of ether oxygens (including phenoxy) is 1. The molecule has 1 aliphatic heterocycles. The Morgan fingerprint density at radius 3 is 3.11 bits per heavy atom. The maximum absolute atomic E-state index is 5.65. The van der Waals surface area contributed by atoms with Gasteiger partial charge in [0.1, 0.15) is 11.6 Å². The van der Waals surface area contributed by atoms with Crippen molar-refractivity contribution in [2.45, 2.75) is 32.9 Å². The first-order valence-corrected chi connectivity index (χ1v) is 6.36. The van der Waals surface area contributed by atoms with Gasteiger partial charge in [-0.3, -0.25) is 4.90 Å². The molecule has 6 heteroatoms. The molecule has 1 saturated heterocycles. The zero-order valence-corrected chi connectivity index (χ0v) is 11.0. The maximum atomic E-state index is 5.65. The predicted molar refractivity (Wildman–Crippen MR) is 69.9 cm³/mol. The number of anilines is 1. The van der Waals surface area contributed by atoms with E-state index in [1.165, 1.54) is 0 Å². The van der Waals surface area contributed by atoms with Gasteiger partial charge >= 0.3 is 0 Å². The minimum Gasteiger partial charge on any atom is -0.376 e. The highest BCUT2D eigenvalue weighted by Gasteiger charge is 2.19. The van der Waals surface area contributed by atoms with Crippen molar-refractivity contribution in [2.24, 2.45) is 5.84 Å². The Bertz CT molecular complexity index is 398. The molecule has 0 spiro atoms. The molecular weight excluding hydrogens is 230 g/mol. The molecule has 1 aromatic heterocycles. The summed E-state index contributed by atoms with van der Waals surface area (Å²) in [7, 11) is 0. The fourth-order valence-electron chi connectivity index (χ4n) is 2.15. The van der Waals surface area contributed by atoms with Crippen LogP contribution in [0.1, 0.15) is 24.9 Å². The number of nitrogens with one attached hydrogen (secondary N) is 1. The molecule has 1 unspecified atom stereocenters. The van der Waals surface area contributed by atoms with Gasteiger partial charge in [-0.1, -0.05) is 6.92 Å². The van der Waals surface area contributed by atoms with Gasteiger partial charge in [0.15, 0.2) is 0 Å². The summed E-state index contributed by atoms with van der Waals surface area (Å²) in [5.41, 5.74) is 3.50. The Labute approximate surface area is 108 Å². The van der Waals surface area contributed by atoms with E-state index in [1.54, 1.807) is 0 Å². The van der Waals surface area contributed by atoms with E-state index in [2.05, 4.69) is 27.2 Å². The number of aromatic nitrogens is 2. The van der Waals surface area contributed by atoms with E-state index in [1.807, 2.05) is 13.0 Å². The third-order valence-electron chi connectivity index (χ3n) is 3.09. The lowest BCUT2D eigenvalue weighted by Gasteiger charge is -2.31. The van der Waals surface area contributed by atoms with Crippen molar-refractivity contribution in [1.29, 1.82) is 0 Å². The number of nitrogens with two attached hydrogens (primary N) is 1. The molecule has 2 heterocycles. The molecule has 0 saturated carbocycles. The molecule has 6 nitrogen and oxygen atoms in total. The van der Waals surface area contributed by atoms with Crippen LogP contribution in [0.3, 0.4) is 0 Å². The Morgan fingerprint density at radius 1 is 1.56 bits per heavy atom. The number of morpholine rings is 1. The molecule has 0 amide bonds. The van der Waals surface area contributed by atoms with E-state index >= 15 is 0 Å². The van der Waals surface area contributed by atoms with Crippen LogP contribution in [0.2, 0.25) is 0 Å². The van der Waals surface area contributed by atoms with Crippen LogP contribution in [-0.2, 0) is 11.3 Å². The number of hydrazine groups is 1. The van der Waals surface area contributed by atoms with Crippen LogP contribution in [0.15, 0.2) is 6.07 Å². The maximum Gasteiger partial charge on any atom is 0.145 e. The lowest BCUT2D eigenvalue weighted by atomic mass is 10.2. The second-order valence-corrected chi connectivity index (χ2v) is 4.59. The van der Waals surface area contributed by atoms with Crippen LogP contribution in [0.25, 0.3) is 0 Å². The fourth-order valence-corrected chi connectivity index (χ4v) is 2.15. The van der Waals surface area contributed by atoms with Gasteiger partial charge in [-0.25, -0.2) is 15.8 Å². The van der Waals surface area contributed by atoms with Gasteiger partial charge in [0.25, 0.3) is 0 Å². The average molecular weight is 251 g/mol. The summed E-state index contributed by atoms with van der Waals surface area (Å²) in [4.78, 5) is 11.1. The predicted octanol–water partition coefficient (Wildman–Crippen LogP) is 0.681. The number of nitrogen functional groups attached to an aromatic ring is 1. The summed E-state index contributed by atoms with van der Waals surface area (Å²) in [5, 5.41) is 0. The van der Waals surface area contributed by atoms with Gasteiger partial charge < -0.3 is 10.2 Å². The first-order valence-electron chi connectivity index (χ1n) is 6.36. The summed E-state index contributed by atoms with van der Waals surface area (Å²) in [6.45, 7) is 7.49. The van der Waals surface area contributed by atoms with Gasteiger partial charge in [0, 0.05) is 24.8 Å². The molecule has 3 N–H and O–H groups in total. The molecule has 1 aliphatic rings. The quantitative estimate of drug-likeness (QED) is 0.605. The lowest BCUT2D eigenvalue weighted by molar-refractivity contribution is -0.0332. The van der Waals surface area contributed by atoms with E-state index in [4.69, 9.17) is 10.6 Å². The monoisotopic (exact) mass is 251 g/mol. The van der Waals surface area contributed by atoms with Crippen molar-refractivity contribution in [1.82, 2.24) is 14.9 Å². The highest BCUT2D eigenvalue weighted by atomic mass is 16.5. The molecule has 100 valence electrons. The summed E-state index contributed by atoms with van der Waals surface area (Å²) in [6.07, 6.45) is 1.37. The second-order valence-electron chi connectivity index (χ2n) is 4.59.